The van der Waals surface area contributed by atoms with Gasteiger partial charge in [0.05, 0.1) is 25.1 Å². The molecule has 3 aromatic heterocycles. The molecule has 0 aromatic carbocycles. The van der Waals surface area contributed by atoms with Crippen LogP contribution < -0.4 is 4.90 Å². The van der Waals surface area contributed by atoms with Gasteiger partial charge in [-0.15, -0.1) is 0 Å². The minimum atomic E-state index is 0.397. The van der Waals surface area contributed by atoms with E-state index in [-0.39, 0.29) is 0 Å². The summed E-state index contributed by atoms with van der Waals surface area (Å²) >= 11 is 0. The van der Waals surface area contributed by atoms with Gasteiger partial charge in [0, 0.05) is 44.5 Å². The number of fused-ring (bicyclic) bond motifs is 1. The maximum atomic E-state index is 5.45. The molecule has 0 bridgehead atoms. The lowest BCUT2D eigenvalue weighted by Crippen LogP contribution is -2.36. The van der Waals surface area contributed by atoms with Crippen LogP contribution in [0.3, 0.4) is 0 Å². The Hall–Kier alpha value is -2.51. The molecular weight excluding hydrogens is 340 g/mol. The first-order valence-electron chi connectivity index (χ1n) is 9.65. The third-order valence-corrected chi connectivity index (χ3v) is 5.47. The van der Waals surface area contributed by atoms with Crippen LogP contribution in [0.1, 0.15) is 23.7 Å². The summed E-state index contributed by atoms with van der Waals surface area (Å²) in [7, 11) is 0. The van der Waals surface area contributed by atoms with Crippen LogP contribution in [0.15, 0.2) is 42.9 Å². The van der Waals surface area contributed by atoms with Gasteiger partial charge >= 0.3 is 0 Å². The van der Waals surface area contributed by atoms with E-state index in [0.29, 0.717) is 5.92 Å². The monoisotopic (exact) mass is 364 g/mol. The first-order chi connectivity index (χ1) is 13.3. The fourth-order valence-electron chi connectivity index (χ4n) is 4.01. The fourth-order valence-corrected chi connectivity index (χ4v) is 4.01. The zero-order valence-electron chi connectivity index (χ0n) is 15.4. The standard InChI is InChI=1S/C20H24N6O/c1-2-16(12-21-6-1)13-24-7-5-17(14-24)20-22-19-4-3-18(15-26(19)23-20)25-8-10-27-11-9-25/h1-4,6,12,15,17H,5,7-11,13-14H2/t17-/m0/s1. The van der Waals surface area contributed by atoms with Crippen LogP contribution in [0.5, 0.6) is 0 Å². The summed E-state index contributed by atoms with van der Waals surface area (Å²) in [4.78, 5) is 13.8. The third kappa shape index (κ3) is 3.52. The van der Waals surface area contributed by atoms with Crippen LogP contribution in [0.25, 0.3) is 5.65 Å². The van der Waals surface area contributed by atoms with E-state index in [9.17, 15) is 0 Å². The molecule has 0 aliphatic carbocycles. The lowest BCUT2D eigenvalue weighted by molar-refractivity contribution is 0.122. The van der Waals surface area contributed by atoms with Gasteiger partial charge in [-0.05, 0) is 36.7 Å². The molecular formula is C20H24N6O. The summed E-state index contributed by atoms with van der Waals surface area (Å²) in [6, 6.07) is 8.35. The second-order valence-corrected chi connectivity index (χ2v) is 7.34. The molecule has 0 N–H and O–H groups in total. The number of hydrogen-bond donors (Lipinski definition) is 0. The first kappa shape index (κ1) is 16.6. The van der Waals surface area contributed by atoms with E-state index < -0.39 is 0 Å². The van der Waals surface area contributed by atoms with Crippen molar-refractivity contribution in [2.75, 3.05) is 44.3 Å². The van der Waals surface area contributed by atoms with Crippen LogP contribution >= 0.6 is 0 Å². The van der Waals surface area contributed by atoms with E-state index in [1.54, 1.807) is 0 Å². The maximum Gasteiger partial charge on any atom is 0.156 e. The number of rotatable bonds is 4. The third-order valence-electron chi connectivity index (χ3n) is 5.47. The van der Waals surface area contributed by atoms with Gasteiger partial charge in [-0.25, -0.2) is 9.50 Å². The Labute approximate surface area is 158 Å². The van der Waals surface area contributed by atoms with Crippen LogP contribution in [0.2, 0.25) is 0 Å². The average molecular weight is 364 g/mol. The number of likely N-dealkylation sites (tertiary alicyclic amines) is 1. The largest absolute Gasteiger partial charge is 0.378 e. The minimum absolute atomic E-state index is 0.397. The molecule has 5 rings (SSSR count). The number of aromatic nitrogens is 4. The number of nitrogens with zero attached hydrogens (tertiary/aromatic N) is 6. The molecule has 1 atom stereocenters. The molecule has 7 heteroatoms. The van der Waals surface area contributed by atoms with Crippen molar-refractivity contribution in [2.45, 2.75) is 18.9 Å². The van der Waals surface area contributed by atoms with Gasteiger partial charge in [0.1, 0.15) is 0 Å². The zero-order chi connectivity index (χ0) is 18.1. The molecule has 0 unspecified atom stereocenters. The van der Waals surface area contributed by atoms with Gasteiger partial charge in [-0.1, -0.05) is 6.07 Å². The van der Waals surface area contributed by atoms with Gasteiger partial charge < -0.3 is 9.64 Å². The first-order valence-corrected chi connectivity index (χ1v) is 9.65. The van der Waals surface area contributed by atoms with Gasteiger partial charge in [0.15, 0.2) is 11.5 Å². The van der Waals surface area contributed by atoms with E-state index in [4.69, 9.17) is 14.8 Å². The Morgan fingerprint density at radius 1 is 1.11 bits per heavy atom. The fraction of sp³-hybridized carbons (Fsp3) is 0.450. The van der Waals surface area contributed by atoms with Crippen molar-refractivity contribution >= 4 is 11.3 Å². The summed E-state index contributed by atoms with van der Waals surface area (Å²) < 4.78 is 7.38. The normalized spacial score (nSPS) is 21.2. The molecule has 0 saturated carbocycles. The number of morpholine rings is 1. The SMILES string of the molecule is c1cncc(CN2CC[C@H](c3nc4ccc(N5CCOCC5)cn4n3)C2)c1. The van der Waals surface area contributed by atoms with Crippen LogP contribution in [-0.2, 0) is 11.3 Å². The van der Waals surface area contributed by atoms with Gasteiger partial charge in [-0.2, -0.15) is 5.10 Å². The highest BCUT2D eigenvalue weighted by molar-refractivity contribution is 5.51. The molecule has 5 heterocycles. The van der Waals surface area contributed by atoms with E-state index in [0.717, 1.165) is 63.8 Å². The Morgan fingerprint density at radius 2 is 2.04 bits per heavy atom. The van der Waals surface area contributed by atoms with Crippen molar-refractivity contribution in [2.24, 2.45) is 0 Å². The van der Waals surface area contributed by atoms with Crippen LogP contribution in [0, 0.1) is 0 Å². The van der Waals surface area contributed by atoms with Gasteiger partial charge in [0.25, 0.3) is 0 Å². The zero-order valence-corrected chi connectivity index (χ0v) is 15.4. The van der Waals surface area contributed by atoms with E-state index in [2.05, 4.69) is 39.2 Å². The number of ether oxygens (including phenoxy) is 1. The molecule has 27 heavy (non-hydrogen) atoms. The lowest BCUT2D eigenvalue weighted by atomic mass is 10.1. The molecule has 0 amide bonds. The lowest BCUT2D eigenvalue weighted by Gasteiger charge is -2.28. The molecule has 2 aliphatic heterocycles. The quantitative estimate of drug-likeness (QED) is 0.705. The Kier molecular flexibility index (Phi) is 4.47. The van der Waals surface area contributed by atoms with Gasteiger partial charge in [-0.3, -0.25) is 9.88 Å². The minimum Gasteiger partial charge on any atom is -0.378 e. The van der Waals surface area contributed by atoms with E-state index in [1.807, 2.05) is 23.0 Å². The molecule has 140 valence electrons. The Morgan fingerprint density at radius 3 is 2.89 bits per heavy atom. The Balaban J connectivity index is 1.30. The van der Waals surface area contributed by atoms with Crippen LogP contribution in [-0.4, -0.2) is 63.9 Å². The second-order valence-electron chi connectivity index (χ2n) is 7.34. The summed E-state index contributed by atoms with van der Waals surface area (Å²) in [6.07, 6.45) is 6.97. The van der Waals surface area contributed by atoms with Crippen molar-refractivity contribution in [1.29, 1.82) is 0 Å². The van der Waals surface area contributed by atoms with Crippen molar-refractivity contribution < 1.29 is 4.74 Å². The highest BCUT2D eigenvalue weighted by atomic mass is 16.5. The molecule has 0 radical (unpaired) electrons. The predicted molar refractivity (Wildman–Crippen MR) is 103 cm³/mol. The van der Waals surface area contributed by atoms with Gasteiger partial charge in [0.2, 0.25) is 0 Å². The van der Waals surface area contributed by atoms with Crippen molar-refractivity contribution in [3.63, 3.8) is 0 Å². The number of pyridine rings is 2. The smallest absolute Gasteiger partial charge is 0.156 e. The molecule has 7 nitrogen and oxygen atoms in total. The number of hydrogen-bond acceptors (Lipinski definition) is 6. The highest BCUT2D eigenvalue weighted by Gasteiger charge is 2.27. The molecule has 0 spiro atoms. The maximum absolute atomic E-state index is 5.45. The average Bonchev–Trinajstić information content (AvgIpc) is 3.35. The number of anilines is 1. The summed E-state index contributed by atoms with van der Waals surface area (Å²) in [6.45, 7) is 6.46. The molecule has 2 aliphatic rings. The predicted octanol–water partition coefficient (Wildman–Crippen LogP) is 1.95. The van der Waals surface area contributed by atoms with Crippen molar-refractivity contribution in [3.05, 3.63) is 54.2 Å². The topological polar surface area (TPSA) is 58.8 Å². The molecule has 2 saturated heterocycles. The van der Waals surface area contributed by atoms with Crippen molar-refractivity contribution in [1.82, 2.24) is 24.5 Å². The van der Waals surface area contributed by atoms with Crippen molar-refractivity contribution in [3.8, 4) is 0 Å². The summed E-state index contributed by atoms with van der Waals surface area (Å²) in [5.41, 5.74) is 3.37. The molecule has 3 aromatic rings. The highest BCUT2D eigenvalue weighted by Crippen LogP contribution is 2.27. The van der Waals surface area contributed by atoms with E-state index >= 15 is 0 Å². The van der Waals surface area contributed by atoms with E-state index in [1.165, 1.54) is 11.3 Å². The Bertz CT molecular complexity index is 905. The second kappa shape index (κ2) is 7.25. The summed E-state index contributed by atoms with van der Waals surface area (Å²) in [5.74, 6) is 1.36. The van der Waals surface area contributed by atoms with Crippen LogP contribution in [0.4, 0.5) is 5.69 Å². The summed E-state index contributed by atoms with van der Waals surface area (Å²) in [5, 5.41) is 4.80. The molecule has 2 fully saturated rings.